The summed E-state index contributed by atoms with van der Waals surface area (Å²) in [6.07, 6.45) is 0.504. The third-order valence-electron chi connectivity index (χ3n) is 3.34. The molecule has 0 saturated carbocycles. The van der Waals surface area contributed by atoms with Crippen molar-refractivity contribution >= 4 is 11.8 Å². The molecule has 2 N–H and O–H groups in total. The van der Waals surface area contributed by atoms with Crippen LogP contribution in [0, 0.1) is 11.3 Å². The van der Waals surface area contributed by atoms with Crippen LogP contribution in [-0.2, 0) is 12.2 Å². The van der Waals surface area contributed by atoms with E-state index in [1.807, 2.05) is 30.3 Å². The van der Waals surface area contributed by atoms with E-state index in [1.165, 1.54) is 23.9 Å². The Labute approximate surface area is 141 Å². The fraction of sp³-hybridized carbons (Fsp3) is 0.118. The Kier molecular flexibility index (Phi) is 4.68. The zero-order valence-corrected chi connectivity index (χ0v) is 13.3. The number of nitrogens with zero attached hydrogens (tertiary/aromatic N) is 2. The normalized spacial score (nSPS) is 10.5. The molecule has 2 heterocycles. The fourth-order valence-corrected chi connectivity index (χ4v) is 3.20. The summed E-state index contributed by atoms with van der Waals surface area (Å²) in [7, 11) is 0. The second-order valence-corrected chi connectivity index (χ2v) is 6.06. The Hall–Kier alpha value is -2.98. The monoisotopic (exact) mass is 339 g/mol. The summed E-state index contributed by atoms with van der Waals surface area (Å²) in [6.45, 7) is 0. The average Bonchev–Trinajstić information content (AvgIpc) is 2.99. The maximum atomic E-state index is 11.9. The van der Waals surface area contributed by atoms with E-state index in [0.29, 0.717) is 34.1 Å². The highest BCUT2D eigenvalue weighted by atomic mass is 32.2. The first-order valence-corrected chi connectivity index (χ1v) is 8.12. The molecule has 0 atom stereocenters. The minimum absolute atomic E-state index is 0.197. The number of thioether (sulfide) groups is 1. The van der Waals surface area contributed by atoms with Crippen LogP contribution in [0.5, 0.6) is 5.88 Å². The number of aromatic nitrogens is 2. The molecule has 0 unspecified atom stereocenters. The van der Waals surface area contributed by atoms with Gasteiger partial charge in [-0.3, -0.25) is 4.79 Å². The SMILES string of the molecule is N#Cc1c(Cc2ccccc2)cc(=O)[nH]c1SCc1cc(O)no1. The summed E-state index contributed by atoms with van der Waals surface area (Å²) in [5.74, 6) is 0.598. The van der Waals surface area contributed by atoms with E-state index in [-0.39, 0.29) is 11.4 Å². The molecule has 0 amide bonds. The Bertz CT molecular complexity index is 942. The van der Waals surface area contributed by atoms with Crippen LogP contribution in [0.1, 0.15) is 22.5 Å². The van der Waals surface area contributed by atoms with Gasteiger partial charge in [0.1, 0.15) is 6.07 Å². The third-order valence-corrected chi connectivity index (χ3v) is 4.37. The van der Waals surface area contributed by atoms with Crippen molar-refractivity contribution in [3.8, 4) is 11.9 Å². The molecular weight excluding hydrogens is 326 g/mol. The van der Waals surface area contributed by atoms with Gasteiger partial charge in [-0.1, -0.05) is 42.1 Å². The highest BCUT2D eigenvalue weighted by Crippen LogP contribution is 2.27. The molecule has 0 radical (unpaired) electrons. The molecule has 0 aliphatic rings. The summed E-state index contributed by atoms with van der Waals surface area (Å²) in [4.78, 5) is 14.6. The predicted octanol–water partition coefficient (Wildman–Crippen LogP) is 2.82. The van der Waals surface area contributed by atoms with E-state index < -0.39 is 0 Å². The smallest absolute Gasteiger partial charge is 0.251 e. The molecule has 2 aromatic heterocycles. The van der Waals surface area contributed by atoms with Gasteiger partial charge in [-0.15, -0.1) is 0 Å². The molecular formula is C17H13N3O3S. The number of nitrogens with one attached hydrogen (secondary N) is 1. The first-order valence-electron chi connectivity index (χ1n) is 7.13. The van der Waals surface area contributed by atoms with Gasteiger partial charge >= 0.3 is 0 Å². The number of hydrogen-bond donors (Lipinski definition) is 2. The van der Waals surface area contributed by atoms with Gasteiger partial charge in [0.05, 0.1) is 16.3 Å². The van der Waals surface area contributed by atoms with Crippen LogP contribution in [0.2, 0.25) is 0 Å². The largest absolute Gasteiger partial charge is 0.491 e. The number of benzene rings is 1. The lowest BCUT2D eigenvalue weighted by molar-refractivity contribution is 0.347. The molecule has 0 fully saturated rings. The van der Waals surface area contributed by atoms with E-state index in [4.69, 9.17) is 4.52 Å². The number of rotatable bonds is 5. The van der Waals surface area contributed by atoms with Crippen molar-refractivity contribution in [3.05, 3.63) is 75.3 Å². The zero-order valence-electron chi connectivity index (χ0n) is 12.5. The number of pyridine rings is 1. The summed E-state index contributed by atoms with van der Waals surface area (Å²) in [6, 6.07) is 14.7. The number of aromatic amines is 1. The maximum absolute atomic E-state index is 11.9. The lowest BCUT2D eigenvalue weighted by Gasteiger charge is -2.08. The summed E-state index contributed by atoms with van der Waals surface area (Å²) in [5.41, 5.74) is 1.88. The minimum Gasteiger partial charge on any atom is -0.491 e. The van der Waals surface area contributed by atoms with Gasteiger partial charge in [-0.25, -0.2) is 0 Å². The van der Waals surface area contributed by atoms with Crippen LogP contribution in [-0.4, -0.2) is 15.2 Å². The van der Waals surface area contributed by atoms with Gasteiger partial charge < -0.3 is 14.6 Å². The number of nitriles is 1. The van der Waals surface area contributed by atoms with Crippen molar-refractivity contribution in [2.75, 3.05) is 0 Å². The minimum atomic E-state index is -0.261. The number of H-pyrrole nitrogens is 1. The van der Waals surface area contributed by atoms with Crippen LogP contribution in [0.15, 0.2) is 56.8 Å². The van der Waals surface area contributed by atoms with E-state index in [0.717, 1.165) is 5.56 Å². The van der Waals surface area contributed by atoms with Crippen molar-refractivity contribution in [1.82, 2.24) is 10.1 Å². The van der Waals surface area contributed by atoms with Crippen LogP contribution in [0.3, 0.4) is 0 Å². The Morgan fingerprint density at radius 2 is 2.08 bits per heavy atom. The van der Waals surface area contributed by atoms with E-state index in [9.17, 15) is 15.2 Å². The predicted molar refractivity (Wildman–Crippen MR) is 88.8 cm³/mol. The van der Waals surface area contributed by atoms with Crippen molar-refractivity contribution in [1.29, 1.82) is 5.26 Å². The summed E-state index contributed by atoms with van der Waals surface area (Å²) in [5, 5.41) is 22.6. The number of hydrogen-bond acceptors (Lipinski definition) is 6. The standard InChI is InChI=1S/C17H13N3O3S/c18-9-14-12(6-11-4-2-1-3-5-11)7-15(21)19-17(14)24-10-13-8-16(22)20-23-13/h1-5,7-8H,6,10H2,(H,19,21)(H,20,22). The molecule has 120 valence electrons. The maximum Gasteiger partial charge on any atom is 0.251 e. The van der Waals surface area contributed by atoms with Gasteiger partial charge in [-0.2, -0.15) is 5.26 Å². The second-order valence-electron chi connectivity index (χ2n) is 5.08. The molecule has 3 rings (SSSR count). The molecule has 3 aromatic rings. The van der Waals surface area contributed by atoms with E-state index >= 15 is 0 Å². The molecule has 0 aliphatic carbocycles. The molecule has 6 nitrogen and oxygen atoms in total. The van der Waals surface area contributed by atoms with Crippen molar-refractivity contribution < 1.29 is 9.63 Å². The van der Waals surface area contributed by atoms with Crippen molar-refractivity contribution in [2.45, 2.75) is 17.2 Å². The second kappa shape index (κ2) is 7.06. The molecule has 24 heavy (non-hydrogen) atoms. The lowest BCUT2D eigenvalue weighted by Crippen LogP contribution is -2.10. The van der Waals surface area contributed by atoms with Crippen LogP contribution in [0.25, 0.3) is 0 Å². The molecule has 0 bridgehead atoms. The van der Waals surface area contributed by atoms with Crippen LogP contribution < -0.4 is 5.56 Å². The first kappa shape index (κ1) is 15.9. The Morgan fingerprint density at radius 1 is 1.29 bits per heavy atom. The quantitative estimate of drug-likeness (QED) is 0.693. The summed E-state index contributed by atoms with van der Waals surface area (Å²) >= 11 is 1.25. The van der Waals surface area contributed by atoms with Gasteiger partial charge in [0.25, 0.3) is 5.88 Å². The third kappa shape index (κ3) is 3.67. The average molecular weight is 339 g/mol. The van der Waals surface area contributed by atoms with Crippen LogP contribution in [0.4, 0.5) is 0 Å². The van der Waals surface area contributed by atoms with E-state index in [2.05, 4.69) is 16.2 Å². The molecule has 0 saturated heterocycles. The van der Waals surface area contributed by atoms with Crippen molar-refractivity contribution in [3.63, 3.8) is 0 Å². The lowest BCUT2D eigenvalue weighted by atomic mass is 10.0. The highest BCUT2D eigenvalue weighted by molar-refractivity contribution is 7.98. The summed E-state index contributed by atoms with van der Waals surface area (Å²) < 4.78 is 4.92. The Morgan fingerprint density at radius 3 is 2.75 bits per heavy atom. The van der Waals surface area contributed by atoms with Gasteiger partial charge in [0.15, 0.2) is 5.76 Å². The first-order chi connectivity index (χ1) is 11.7. The highest BCUT2D eigenvalue weighted by Gasteiger charge is 2.13. The van der Waals surface area contributed by atoms with Gasteiger partial charge in [0, 0.05) is 12.1 Å². The molecule has 1 aromatic carbocycles. The topological polar surface area (TPSA) is 103 Å². The van der Waals surface area contributed by atoms with Gasteiger partial charge in [-0.05, 0) is 22.7 Å². The van der Waals surface area contributed by atoms with Crippen molar-refractivity contribution in [2.24, 2.45) is 0 Å². The fourth-order valence-electron chi connectivity index (χ4n) is 2.29. The van der Waals surface area contributed by atoms with Gasteiger partial charge in [0.2, 0.25) is 5.56 Å². The Balaban J connectivity index is 1.89. The molecule has 7 heteroatoms. The zero-order chi connectivity index (χ0) is 16.9. The van der Waals surface area contributed by atoms with Crippen LogP contribution >= 0.6 is 11.8 Å². The molecule has 0 aliphatic heterocycles. The molecule has 0 spiro atoms. The van der Waals surface area contributed by atoms with E-state index in [1.54, 1.807) is 0 Å². The number of aromatic hydroxyl groups is 1.